The SMILES string of the molecule is CC(C)(C)c1ccc([C@H]2NCCc3ccccc32)cc1. The summed E-state index contributed by atoms with van der Waals surface area (Å²) in [6.07, 6.45) is 1.13. The van der Waals surface area contributed by atoms with Gasteiger partial charge in [-0.1, -0.05) is 69.3 Å². The second-order valence-electron chi connectivity index (χ2n) is 6.71. The van der Waals surface area contributed by atoms with Gasteiger partial charge >= 0.3 is 0 Å². The van der Waals surface area contributed by atoms with Gasteiger partial charge in [-0.05, 0) is 34.1 Å². The zero-order valence-corrected chi connectivity index (χ0v) is 12.6. The molecule has 1 atom stereocenters. The number of hydrogen-bond acceptors (Lipinski definition) is 1. The van der Waals surface area contributed by atoms with Crippen LogP contribution in [-0.2, 0) is 11.8 Å². The zero-order valence-electron chi connectivity index (χ0n) is 12.6. The topological polar surface area (TPSA) is 12.0 Å². The van der Waals surface area contributed by atoms with Gasteiger partial charge in [-0.25, -0.2) is 0 Å². The first-order valence-corrected chi connectivity index (χ1v) is 7.47. The van der Waals surface area contributed by atoms with Crippen LogP contribution in [-0.4, -0.2) is 6.54 Å². The lowest BCUT2D eigenvalue weighted by molar-refractivity contribution is 0.564. The molecule has 0 aromatic heterocycles. The van der Waals surface area contributed by atoms with Gasteiger partial charge < -0.3 is 5.32 Å². The molecule has 0 bridgehead atoms. The fourth-order valence-electron chi connectivity index (χ4n) is 2.98. The van der Waals surface area contributed by atoms with Crippen LogP contribution in [0.4, 0.5) is 0 Å². The summed E-state index contributed by atoms with van der Waals surface area (Å²) in [4.78, 5) is 0. The van der Waals surface area contributed by atoms with E-state index in [0.717, 1.165) is 13.0 Å². The van der Waals surface area contributed by atoms with Crippen LogP contribution >= 0.6 is 0 Å². The molecule has 1 N–H and O–H groups in total. The third kappa shape index (κ3) is 2.51. The Kier molecular flexibility index (Phi) is 3.39. The normalized spacial score (nSPS) is 18.6. The predicted molar refractivity (Wildman–Crippen MR) is 85.1 cm³/mol. The van der Waals surface area contributed by atoms with Crippen LogP contribution in [0.2, 0.25) is 0 Å². The fraction of sp³-hybridized carbons (Fsp3) is 0.368. The van der Waals surface area contributed by atoms with Crippen molar-refractivity contribution in [2.45, 2.75) is 38.6 Å². The molecule has 1 heterocycles. The molecule has 0 unspecified atom stereocenters. The molecule has 0 amide bonds. The standard InChI is InChI=1S/C19H23N/c1-19(2,3)16-10-8-15(9-11-16)18-17-7-5-4-6-14(17)12-13-20-18/h4-11,18,20H,12-13H2,1-3H3/t18-/m1/s1. The van der Waals surface area contributed by atoms with Crippen molar-refractivity contribution in [3.63, 3.8) is 0 Å². The number of benzene rings is 2. The molecule has 0 fully saturated rings. The van der Waals surface area contributed by atoms with Crippen molar-refractivity contribution < 1.29 is 0 Å². The summed E-state index contributed by atoms with van der Waals surface area (Å²) in [5.74, 6) is 0. The van der Waals surface area contributed by atoms with E-state index in [9.17, 15) is 0 Å². The summed E-state index contributed by atoms with van der Waals surface area (Å²) < 4.78 is 0. The molecule has 1 heteroatoms. The largest absolute Gasteiger partial charge is 0.306 e. The molecule has 2 aromatic carbocycles. The van der Waals surface area contributed by atoms with E-state index >= 15 is 0 Å². The molecule has 104 valence electrons. The molecule has 0 spiro atoms. The summed E-state index contributed by atoms with van der Waals surface area (Å²) in [5.41, 5.74) is 5.89. The Balaban J connectivity index is 1.95. The Labute approximate surface area is 122 Å². The first-order valence-electron chi connectivity index (χ1n) is 7.47. The highest BCUT2D eigenvalue weighted by molar-refractivity contribution is 5.40. The Morgan fingerprint density at radius 1 is 0.950 bits per heavy atom. The molecule has 2 aromatic rings. The smallest absolute Gasteiger partial charge is 0.0579 e. The van der Waals surface area contributed by atoms with Gasteiger partial charge in [0, 0.05) is 6.54 Å². The van der Waals surface area contributed by atoms with Gasteiger partial charge in [0.1, 0.15) is 0 Å². The van der Waals surface area contributed by atoms with Crippen molar-refractivity contribution in [3.05, 3.63) is 70.8 Å². The lowest BCUT2D eigenvalue weighted by Crippen LogP contribution is -2.30. The second kappa shape index (κ2) is 5.06. The van der Waals surface area contributed by atoms with Crippen LogP contribution in [0.25, 0.3) is 0 Å². The number of nitrogens with one attached hydrogen (secondary N) is 1. The molecule has 0 saturated carbocycles. The highest BCUT2D eigenvalue weighted by Crippen LogP contribution is 2.30. The maximum Gasteiger partial charge on any atom is 0.0579 e. The van der Waals surface area contributed by atoms with Crippen LogP contribution in [0, 0.1) is 0 Å². The molecule has 0 aliphatic carbocycles. The Morgan fingerprint density at radius 3 is 2.35 bits per heavy atom. The lowest BCUT2D eigenvalue weighted by Gasteiger charge is -2.28. The van der Waals surface area contributed by atoms with Crippen molar-refractivity contribution in [2.24, 2.45) is 0 Å². The molecule has 1 aliphatic rings. The molecule has 1 aliphatic heterocycles. The van der Waals surface area contributed by atoms with Gasteiger partial charge in [0.2, 0.25) is 0 Å². The first-order chi connectivity index (χ1) is 9.55. The van der Waals surface area contributed by atoms with E-state index in [2.05, 4.69) is 74.6 Å². The van der Waals surface area contributed by atoms with E-state index in [1.165, 1.54) is 22.3 Å². The number of fused-ring (bicyclic) bond motifs is 1. The molecule has 0 saturated heterocycles. The van der Waals surface area contributed by atoms with Crippen molar-refractivity contribution in [1.29, 1.82) is 0 Å². The van der Waals surface area contributed by atoms with Crippen LogP contribution < -0.4 is 5.32 Å². The highest BCUT2D eigenvalue weighted by Gasteiger charge is 2.21. The van der Waals surface area contributed by atoms with Crippen LogP contribution in [0.3, 0.4) is 0 Å². The summed E-state index contributed by atoms with van der Waals surface area (Å²) >= 11 is 0. The van der Waals surface area contributed by atoms with Crippen molar-refractivity contribution in [2.75, 3.05) is 6.54 Å². The maximum absolute atomic E-state index is 3.65. The second-order valence-corrected chi connectivity index (χ2v) is 6.71. The maximum atomic E-state index is 3.65. The number of hydrogen-bond donors (Lipinski definition) is 1. The molecular formula is C19H23N. The van der Waals surface area contributed by atoms with Crippen LogP contribution in [0.15, 0.2) is 48.5 Å². The van der Waals surface area contributed by atoms with E-state index in [0.29, 0.717) is 6.04 Å². The predicted octanol–water partition coefficient (Wildman–Crippen LogP) is 4.22. The molecule has 3 rings (SSSR count). The van der Waals surface area contributed by atoms with Gasteiger partial charge in [-0.3, -0.25) is 0 Å². The average Bonchev–Trinajstić information content (AvgIpc) is 2.46. The Morgan fingerprint density at radius 2 is 1.65 bits per heavy atom. The summed E-state index contributed by atoms with van der Waals surface area (Å²) in [7, 11) is 0. The van der Waals surface area contributed by atoms with Gasteiger partial charge in [-0.2, -0.15) is 0 Å². The fourth-order valence-corrected chi connectivity index (χ4v) is 2.98. The summed E-state index contributed by atoms with van der Waals surface area (Å²) in [5, 5.41) is 3.65. The molecular weight excluding hydrogens is 242 g/mol. The van der Waals surface area contributed by atoms with Crippen molar-refractivity contribution in [1.82, 2.24) is 5.32 Å². The van der Waals surface area contributed by atoms with Gasteiger partial charge in [0.05, 0.1) is 6.04 Å². The van der Waals surface area contributed by atoms with Crippen molar-refractivity contribution in [3.8, 4) is 0 Å². The van der Waals surface area contributed by atoms with E-state index in [4.69, 9.17) is 0 Å². The minimum atomic E-state index is 0.219. The first kappa shape index (κ1) is 13.4. The lowest BCUT2D eigenvalue weighted by atomic mass is 9.84. The minimum absolute atomic E-state index is 0.219. The quantitative estimate of drug-likeness (QED) is 0.814. The molecule has 0 radical (unpaired) electrons. The Bertz CT molecular complexity index is 590. The van der Waals surface area contributed by atoms with Gasteiger partial charge in [-0.15, -0.1) is 0 Å². The Hall–Kier alpha value is -1.60. The summed E-state index contributed by atoms with van der Waals surface area (Å²) in [6, 6.07) is 18.2. The third-order valence-electron chi connectivity index (χ3n) is 4.22. The monoisotopic (exact) mass is 265 g/mol. The van der Waals surface area contributed by atoms with E-state index in [1.807, 2.05) is 0 Å². The van der Waals surface area contributed by atoms with Crippen LogP contribution in [0.1, 0.15) is 49.1 Å². The molecule has 20 heavy (non-hydrogen) atoms. The van der Waals surface area contributed by atoms with Crippen LogP contribution in [0.5, 0.6) is 0 Å². The van der Waals surface area contributed by atoms with E-state index in [1.54, 1.807) is 0 Å². The average molecular weight is 265 g/mol. The van der Waals surface area contributed by atoms with Gasteiger partial charge in [0.25, 0.3) is 0 Å². The third-order valence-corrected chi connectivity index (χ3v) is 4.22. The van der Waals surface area contributed by atoms with E-state index in [-0.39, 0.29) is 5.41 Å². The highest BCUT2D eigenvalue weighted by atomic mass is 14.9. The molecule has 1 nitrogen and oxygen atoms in total. The number of rotatable bonds is 1. The van der Waals surface area contributed by atoms with Crippen molar-refractivity contribution >= 4 is 0 Å². The zero-order chi connectivity index (χ0) is 14.2. The minimum Gasteiger partial charge on any atom is -0.306 e. The summed E-state index contributed by atoms with van der Waals surface area (Å²) in [6.45, 7) is 7.84. The van der Waals surface area contributed by atoms with Gasteiger partial charge in [0.15, 0.2) is 0 Å². The van der Waals surface area contributed by atoms with E-state index < -0.39 is 0 Å².